The quantitative estimate of drug-likeness (QED) is 0.776. The summed E-state index contributed by atoms with van der Waals surface area (Å²) in [7, 11) is -3.67. The number of nitrogens with zero attached hydrogens (tertiary/aromatic N) is 1. The Kier molecular flexibility index (Phi) is 5.94. The van der Waals surface area contributed by atoms with Gasteiger partial charge in [0.25, 0.3) is 5.91 Å². The lowest BCUT2D eigenvalue weighted by molar-refractivity contribution is 0.0730. The number of morpholine rings is 1. The normalized spacial score (nSPS) is 17.9. The van der Waals surface area contributed by atoms with Crippen LogP contribution in [0.25, 0.3) is 0 Å². The first-order valence-electron chi connectivity index (χ1n) is 9.83. The van der Waals surface area contributed by atoms with Crippen molar-refractivity contribution in [3.63, 3.8) is 0 Å². The molecule has 0 spiro atoms. The number of nitrogens with one attached hydrogen (secondary N) is 1. The number of carbonyl (C=O) groups is 1. The van der Waals surface area contributed by atoms with Crippen LogP contribution >= 0.6 is 0 Å². The minimum absolute atomic E-state index is 0.101. The van der Waals surface area contributed by atoms with Gasteiger partial charge >= 0.3 is 0 Å². The first kappa shape index (κ1) is 20.6. The molecule has 1 fully saturated rings. The van der Waals surface area contributed by atoms with Crippen LogP contribution in [0.2, 0.25) is 0 Å². The average Bonchev–Trinajstić information content (AvgIpc) is 2.79. The maximum absolute atomic E-state index is 12.9. The Morgan fingerprint density at radius 3 is 2.50 bits per heavy atom. The van der Waals surface area contributed by atoms with Gasteiger partial charge in [-0.2, -0.15) is 4.31 Å². The van der Waals surface area contributed by atoms with Crippen molar-refractivity contribution >= 4 is 15.9 Å². The second kappa shape index (κ2) is 8.63. The average molecular weight is 432 g/mol. The van der Waals surface area contributed by atoms with E-state index in [1.165, 1.54) is 16.4 Å². The molecule has 1 N–H and O–H groups in total. The zero-order valence-corrected chi connectivity index (χ0v) is 17.5. The van der Waals surface area contributed by atoms with E-state index in [9.17, 15) is 13.2 Å². The Bertz CT molecular complexity index is 1030. The summed E-state index contributed by atoms with van der Waals surface area (Å²) in [6.07, 6.45) is 0. The highest BCUT2D eigenvalue weighted by molar-refractivity contribution is 7.89. The summed E-state index contributed by atoms with van der Waals surface area (Å²) in [6.45, 7) is 4.21. The Balaban J connectivity index is 1.49. The van der Waals surface area contributed by atoms with E-state index in [2.05, 4.69) is 5.32 Å². The molecule has 0 unspecified atom stereocenters. The summed E-state index contributed by atoms with van der Waals surface area (Å²) in [5.41, 5.74) is 1.15. The molecule has 9 heteroatoms. The van der Waals surface area contributed by atoms with Crippen molar-refractivity contribution in [1.82, 2.24) is 9.62 Å². The molecule has 2 aliphatic heterocycles. The maximum atomic E-state index is 12.9. The molecule has 160 valence electrons. The summed E-state index contributed by atoms with van der Waals surface area (Å²) < 4.78 is 43.4. The summed E-state index contributed by atoms with van der Waals surface area (Å²) in [5.74, 6) is 0.986. The number of hydrogen-bond acceptors (Lipinski definition) is 6. The molecule has 2 aromatic rings. The summed E-state index contributed by atoms with van der Waals surface area (Å²) >= 11 is 0. The van der Waals surface area contributed by atoms with Crippen LogP contribution < -0.4 is 14.8 Å². The molecule has 1 saturated heterocycles. The molecule has 8 nitrogen and oxygen atoms in total. The lowest BCUT2D eigenvalue weighted by atomic mass is 10.1. The van der Waals surface area contributed by atoms with Gasteiger partial charge in [0.05, 0.1) is 24.2 Å². The van der Waals surface area contributed by atoms with Crippen molar-refractivity contribution in [2.24, 2.45) is 0 Å². The number of carbonyl (C=O) groups excluding carboxylic acids is 1. The second-order valence-electron chi connectivity index (χ2n) is 7.14. The SMILES string of the molecule is C[C@@H](NC(=O)c1cccc(S(=O)(=O)N2CCOCC2)c1)c1ccc2c(c1)OCCO2. The van der Waals surface area contributed by atoms with Crippen molar-refractivity contribution < 1.29 is 27.4 Å². The zero-order valence-electron chi connectivity index (χ0n) is 16.7. The lowest BCUT2D eigenvalue weighted by Crippen LogP contribution is -2.40. The van der Waals surface area contributed by atoms with E-state index in [1.54, 1.807) is 12.1 Å². The van der Waals surface area contributed by atoms with Crippen LogP contribution in [-0.2, 0) is 14.8 Å². The fourth-order valence-electron chi connectivity index (χ4n) is 3.43. The van der Waals surface area contributed by atoms with E-state index in [4.69, 9.17) is 14.2 Å². The van der Waals surface area contributed by atoms with Gasteiger partial charge in [-0.05, 0) is 42.8 Å². The minimum atomic E-state index is -3.67. The van der Waals surface area contributed by atoms with Crippen molar-refractivity contribution in [3.05, 3.63) is 53.6 Å². The zero-order chi connectivity index (χ0) is 21.1. The topological polar surface area (TPSA) is 94.2 Å². The van der Waals surface area contributed by atoms with E-state index >= 15 is 0 Å². The molecule has 30 heavy (non-hydrogen) atoms. The van der Waals surface area contributed by atoms with Gasteiger partial charge in [0.1, 0.15) is 13.2 Å². The van der Waals surface area contributed by atoms with Crippen LogP contribution in [0, 0.1) is 0 Å². The van der Waals surface area contributed by atoms with Gasteiger partial charge in [-0.25, -0.2) is 8.42 Å². The molecule has 0 radical (unpaired) electrons. The smallest absolute Gasteiger partial charge is 0.251 e. The summed E-state index contributed by atoms with van der Waals surface area (Å²) in [6, 6.07) is 11.3. The summed E-state index contributed by atoms with van der Waals surface area (Å²) in [4.78, 5) is 12.9. The molecule has 0 bridgehead atoms. The van der Waals surface area contributed by atoms with E-state index < -0.39 is 10.0 Å². The molecule has 2 aromatic carbocycles. The maximum Gasteiger partial charge on any atom is 0.251 e. The molecule has 0 aliphatic carbocycles. The number of rotatable bonds is 5. The highest BCUT2D eigenvalue weighted by Crippen LogP contribution is 2.32. The molecule has 0 saturated carbocycles. The fraction of sp³-hybridized carbons (Fsp3) is 0.381. The predicted molar refractivity (Wildman–Crippen MR) is 109 cm³/mol. The number of amides is 1. The van der Waals surface area contributed by atoms with Crippen LogP contribution in [0.1, 0.15) is 28.9 Å². The molecule has 0 aromatic heterocycles. The third kappa shape index (κ3) is 4.28. The highest BCUT2D eigenvalue weighted by Gasteiger charge is 2.27. The van der Waals surface area contributed by atoms with Crippen molar-refractivity contribution in [1.29, 1.82) is 0 Å². The van der Waals surface area contributed by atoms with Crippen LogP contribution in [-0.4, -0.2) is 58.1 Å². The van der Waals surface area contributed by atoms with Crippen LogP contribution in [0.3, 0.4) is 0 Å². The molecule has 2 heterocycles. The second-order valence-corrected chi connectivity index (χ2v) is 9.08. The Morgan fingerprint density at radius 1 is 1.00 bits per heavy atom. The van der Waals surface area contributed by atoms with E-state index in [0.717, 1.165) is 5.56 Å². The Morgan fingerprint density at radius 2 is 1.73 bits per heavy atom. The van der Waals surface area contributed by atoms with Crippen molar-refractivity contribution in [3.8, 4) is 11.5 Å². The highest BCUT2D eigenvalue weighted by atomic mass is 32.2. The molecule has 1 atom stereocenters. The van der Waals surface area contributed by atoms with Gasteiger partial charge in [0.2, 0.25) is 10.0 Å². The lowest BCUT2D eigenvalue weighted by Gasteiger charge is -2.26. The minimum Gasteiger partial charge on any atom is -0.486 e. The predicted octanol–water partition coefficient (Wildman–Crippen LogP) is 1.97. The molecule has 1 amide bonds. The van der Waals surface area contributed by atoms with Gasteiger partial charge in [0.15, 0.2) is 11.5 Å². The van der Waals surface area contributed by atoms with Crippen LogP contribution in [0.15, 0.2) is 47.4 Å². The van der Waals surface area contributed by atoms with E-state index in [-0.39, 0.29) is 22.4 Å². The largest absolute Gasteiger partial charge is 0.486 e. The van der Waals surface area contributed by atoms with Gasteiger partial charge in [-0.15, -0.1) is 0 Å². The number of fused-ring (bicyclic) bond motifs is 1. The Hall–Kier alpha value is -2.62. The van der Waals surface area contributed by atoms with Gasteiger partial charge in [-0.3, -0.25) is 4.79 Å². The standard InChI is InChI=1S/C21H24N2O6S/c1-15(16-5-6-19-20(14-16)29-12-11-28-19)22-21(24)17-3-2-4-18(13-17)30(25,26)23-7-9-27-10-8-23/h2-6,13-15H,7-12H2,1H3,(H,22,24)/t15-/m1/s1. The molecular weight excluding hydrogens is 408 g/mol. The van der Waals surface area contributed by atoms with Gasteiger partial charge in [-0.1, -0.05) is 12.1 Å². The monoisotopic (exact) mass is 432 g/mol. The Labute approximate surface area is 175 Å². The fourth-order valence-corrected chi connectivity index (χ4v) is 4.88. The molecule has 4 rings (SSSR count). The number of ether oxygens (including phenoxy) is 3. The molecule has 2 aliphatic rings. The number of benzene rings is 2. The van der Waals surface area contributed by atoms with Crippen molar-refractivity contribution in [2.45, 2.75) is 17.9 Å². The third-order valence-electron chi connectivity index (χ3n) is 5.12. The molecular formula is C21H24N2O6S. The van der Waals surface area contributed by atoms with Gasteiger partial charge in [0, 0.05) is 18.7 Å². The van der Waals surface area contributed by atoms with E-state index in [0.29, 0.717) is 51.0 Å². The first-order valence-corrected chi connectivity index (χ1v) is 11.3. The third-order valence-corrected chi connectivity index (χ3v) is 7.01. The number of hydrogen-bond donors (Lipinski definition) is 1. The van der Waals surface area contributed by atoms with Crippen molar-refractivity contribution in [2.75, 3.05) is 39.5 Å². The number of sulfonamides is 1. The first-order chi connectivity index (χ1) is 14.4. The van der Waals surface area contributed by atoms with Crippen LogP contribution in [0.4, 0.5) is 0 Å². The van der Waals surface area contributed by atoms with Gasteiger partial charge < -0.3 is 19.5 Å². The van der Waals surface area contributed by atoms with E-state index in [1.807, 2.05) is 25.1 Å². The van der Waals surface area contributed by atoms with Crippen LogP contribution in [0.5, 0.6) is 11.5 Å². The summed E-state index contributed by atoms with van der Waals surface area (Å²) in [5, 5.41) is 2.91.